The van der Waals surface area contributed by atoms with Crippen LogP contribution >= 0.6 is 0 Å². The van der Waals surface area contributed by atoms with Gasteiger partial charge in [-0.15, -0.1) is 0 Å². The average Bonchev–Trinajstić information content (AvgIpc) is 3.27. The molecular formula is C19H24F3N5O2. The molecule has 0 radical (unpaired) electrons. The van der Waals surface area contributed by atoms with Crippen molar-refractivity contribution >= 4 is 11.9 Å². The molecule has 7 nitrogen and oxygen atoms in total. The van der Waals surface area contributed by atoms with Gasteiger partial charge in [0.05, 0.1) is 17.2 Å². The number of alkyl halides is 3. The zero-order chi connectivity index (χ0) is 20.8. The maximum absolute atomic E-state index is 12.6. The van der Waals surface area contributed by atoms with Crippen LogP contribution in [0.15, 0.2) is 18.3 Å². The molecule has 3 fully saturated rings. The molecular weight excluding hydrogens is 387 g/mol. The lowest BCUT2D eigenvalue weighted by atomic mass is 9.79. The molecule has 1 atom stereocenters. The minimum absolute atomic E-state index is 0.0396. The zero-order valence-electron chi connectivity index (χ0n) is 16.0. The molecule has 3 saturated heterocycles. The Balaban J connectivity index is 1.27. The van der Waals surface area contributed by atoms with Gasteiger partial charge in [0.15, 0.2) is 0 Å². The lowest BCUT2D eigenvalue weighted by Crippen LogP contribution is -2.62. The van der Waals surface area contributed by atoms with Gasteiger partial charge in [0.2, 0.25) is 5.91 Å². The fraction of sp³-hybridized carbons (Fsp3) is 0.632. The highest BCUT2D eigenvalue weighted by Crippen LogP contribution is 2.40. The lowest BCUT2D eigenvalue weighted by molar-refractivity contribution is -0.137. The first kappa shape index (κ1) is 19.9. The number of primary amides is 1. The molecule has 1 aromatic rings. The molecule has 4 rings (SSSR count). The van der Waals surface area contributed by atoms with E-state index < -0.39 is 11.7 Å². The number of hydrogen-bond donors (Lipinski definition) is 1. The summed E-state index contributed by atoms with van der Waals surface area (Å²) >= 11 is 0. The number of urea groups is 1. The van der Waals surface area contributed by atoms with E-state index in [-0.39, 0.29) is 23.3 Å². The molecule has 0 saturated carbocycles. The molecule has 3 amide bonds. The SMILES string of the molecule is NC(=O)[C@H]1CCN(C(=O)N2CC3(CCN(Cc4ccc(C(F)(F)F)cn4)C3)C2)C1. The van der Waals surface area contributed by atoms with Crippen LogP contribution in [0.1, 0.15) is 24.1 Å². The third-order valence-electron chi connectivity index (χ3n) is 6.24. The summed E-state index contributed by atoms with van der Waals surface area (Å²) < 4.78 is 37.9. The number of aromatic nitrogens is 1. The van der Waals surface area contributed by atoms with Gasteiger partial charge in [0.1, 0.15) is 0 Å². The topological polar surface area (TPSA) is 82.8 Å². The third kappa shape index (κ3) is 4.03. The summed E-state index contributed by atoms with van der Waals surface area (Å²) in [6.07, 6.45) is -1.94. The highest BCUT2D eigenvalue weighted by molar-refractivity contribution is 5.80. The van der Waals surface area contributed by atoms with E-state index in [9.17, 15) is 22.8 Å². The Bertz CT molecular complexity index is 792. The molecule has 0 bridgehead atoms. The van der Waals surface area contributed by atoms with E-state index in [0.717, 1.165) is 31.8 Å². The standard InChI is InChI=1S/C19H24F3N5O2/c20-19(21,22)14-1-2-15(24-7-14)9-25-6-4-18(10-25)11-27(12-18)17(29)26-5-3-13(8-26)16(23)28/h1-2,7,13H,3-6,8-12H2,(H2,23,28)/t13-/m0/s1. The number of halogens is 3. The number of carbonyl (C=O) groups excluding carboxylic acids is 2. The van der Waals surface area contributed by atoms with Gasteiger partial charge in [-0.2, -0.15) is 13.2 Å². The number of hydrogen-bond acceptors (Lipinski definition) is 4. The van der Waals surface area contributed by atoms with Gasteiger partial charge >= 0.3 is 12.2 Å². The monoisotopic (exact) mass is 411 g/mol. The smallest absolute Gasteiger partial charge is 0.369 e. The lowest BCUT2D eigenvalue weighted by Gasteiger charge is -2.49. The molecule has 3 aliphatic rings. The Kier molecular flexibility index (Phi) is 4.92. The summed E-state index contributed by atoms with van der Waals surface area (Å²) in [7, 11) is 0. The number of nitrogens with zero attached hydrogens (tertiary/aromatic N) is 4. The Morgan fingerprint density at radius 3 is 2.52 bits per heavy atom. The van der Waals surface area contributed by atoms with Crippen molar-refractivity contribution in [3.8, 4) is 0 Å². The molecule has 1 spiro atoms. The number of amides is 3. The number of likely N-dealkylation sites (tertiary alicyclic amines) is 3. The fourth-order valence-corrected chi connectivity index (χ4v) is 4.60. The summed E-state index contributed by atoms with van der Waals surface area (Å²) in [5.74, 6) is -0.615. The van der Waals surface area contributed by atoms with Crippen LogP contribution in [0.3, 0.4) is 0 Å². The van der Waals surface area contributed by atoms with Crippen LogP contribution in [-0.4, -0.2) is 70.9 Å². The van der Waals surface area contributed by atoms with Gasteiger partial charge in [0, 0.05) is 50.9 Å². The van der Waals surface area contributed by atoms with Gasteiger partial charge < -0.3 is 15.5 Å². The van der Waals surface area contributed by atoms with E-state index in [4.69, 9.17) is 5.73 Å². The van der Waals surface area contributed by atoms with E-state index in [1.165, 1.54) is 6.07 Å². The van der Waals surface area contributed by atoms with Gasteiger partial charge in [-0.3, -0.25) is 14.7 Å². The number of rotatable bonds is 3. The van der Waals surface area contributed by atoms with Crippen molar-refractivity contribution in [2.45, 2.75) is 25.6 Å². The zero-order valence-corrected chi connectivity index (χ0v) is 16.0. The van der Waals surface area contributed by atoms with Crippen molar-refractivity contribution in [2.75, 3.05) is 39.3 Å². The molecule has 3 aliphatic heterocycles. The third-order valence-corrected chi connectivity index (χ3v) is 6.24. The van der Waals surface area contributed by atoms with Gasteiger partial charge in [-0.05, 0) is 31.5 Å². The summed E-state index contributed by atoms with van der Waals surface area (Å²) in [5.41, 5.74) is 5.24. The van der Waals surface area contributed by atoms with Crippen molar-refractivity contribution < 1.29 is 22.8 Å². The Morgan fingerprint density at radius 1 is 1.17 bits per heavy atom. The first-order valence-corrected chi connectivity index (χ1v) is 9.73. The highest BCUT2D eigenvalue weighted by Gasteiger charge is 2.50. The summed E-state index contributed by atoms with van der Waals surface area (Å²) in [6.45, 7) is 4.41. The summed E-state index contributed by atoms with van der Waals surface area (Å²) in [5, 5.41) is 0. The van der Waals surface area contributed by atoms with Crippen LogP contribution < -0.4 is 5.73 Å². The highest BCUT2D eigenvalue weighted by atomic mass is 19.4. The van der Waals surface area contributed by atoms with Crippen LogP contribution in [0.5, 0.6) is 0 Å². The quantitative estimate of drug-likeness (QED) is 0.818. The number of nitrogens with two attached hydrogens (primary N) is 1. The predicted octanol–water partition coefficient (Wildman–Crippen LogP) is 1.54. The molecule has 0 aliphatic carbocycles. The van der Waals surface area contributed by atoms with E-state index in [0.29, 0.717) is 44.8 Å². The van der Waals surface area contributed by atoms with Gasteiger partial charge in [-0.1, -0.05) is 0 Å². The van der Waals surface area contributed by atoms with Crippen LogP contribution in [0, 0.1) is 11.3 Å². The minimum Gasteiger partial charge on any atom is -0.369 e. The maximum Gasteiger partial charge on any atom is 0.417 e. The molecule has 0 aromatic carbocycles. The second-order valence-electron chi connectivity index (χ2n) is 8.47. The second-order valence-corrected chi connectivity index (χ2v) is 8.47. The van der Waals surface area contributed by atoms with Crippen LogP contribution in [0.2, 0.25) is 0 Å². The number of carbonyl (C=O) groups is 2. The minimum atomic E-state index is -4.38. The Morgan fingerprint density at radius 2 is 1.93 bits per heavy atom. The Hall–Kier alpha value is -2.36. The summed E-state index contributed by atoms with van der Waals surface area (Å²) in [4.78, 5) is 33.5. The van der Waals surface area contributed by atoms with Gasteiger partial charge in [0.25, 0.3) is 0 Å². The van der Waals surface area contributed by atoms with Crippen molar-refractivity contribution in [1.82, 2.24) is 19.7 Å². The molecule has 0 unspecified atom stereocenters. The van der Waals surface area contributed by atoms with Crippen molar-refractivity contribution in [1.29, 1.82) is 0 Å². The van der Waals surface area contributed by atoms with Crippen LogP contribution in [-0.2, 0) is 17.5 Å². The van der Waals surface area contributed by atoms with E-state index in [2.05, 4.69) is 9.88 Å². The molecule has 10 heteroatoms. The van der Waals surface area contributed by atoms with Crippen LogP contribution in [0.25, 0.3) is 0 Å². The normalized spacial score (nSPS) is 24.2. The molecule has 4 heterocycles. The first-order valence-electron chi connectivity index (χ1n) is 9.73. The number of pyridine rings is 1. The largest absolute Gasteiger partial charge is 0.417 e. The van der Waals surface area contributed by atoms with Crippen LogP contribution in [0.4, 0.5) is 18.0 Å². The molecule has 158 valence electrons. The van der Waals surface area contributed by atoms with Crippen molar-refractivity contribution in [2.24, 2.45) is 17.1 Å². The van der Waals surface area contributed by atoms with Gasteiger partial charge in [-0.25, -0.2) is 4.79 Å². The van der Waals surface area contributed by atoms with E-state index in [1.807, 2.05) is 4.90 Å². The summed E-state index contributed by atoms with van der Waals surface area (Å²) in [6, 6.07) is 2.45. The second kappa shape index (κ2) is 7.16. The molecule has 2 N–H and O–H groups in total. The molecule has 1 aromatic heterocycles. The first-order chi connectivity index (χ1) is 13.7. The van der Waals surface area contributed by atoms with Crippen molar-refractivity contribution in [3.05, 3.63) is 29.6 Å². The molecule has 29 heavy (non-hydrogen) atoms. The fourth-order valence-electron chi connectivity index (χ4n) is 4.60. The average molecular weight is 411 g/mol. The van der Waals surface area contributed by atoms with E-state index in [1.54, 1.807) is 4.90 Å². The Labute approximate surface area is 166 Å². The van der Waals surface area contributed by atoms with E-state index >= 15 is 0 Å². The maximum atomic E-state index is 12.6. The predicted molar refractivity (Wildman–Crippen MR) is 97.4 cm³/mol. The van der Waals surface area contributed by atoms with Crippen molar-refractivity contribution in [3.63, 3.8) is 0 Å².